The van der Waals surface area contributed by atoms with E-state index in [2.05, 4.69) is 24.1 Å². The van der Waals surface area contributed by atoms with E-state index in [9.17, 15) is 0 Å². The van der Waals surface area contributed by atoms with E-state index in [1.165, 1.54) is 12.8 Å². The third kappa shape index (κ3) is 2.72. The van der Waals surface area contributed by atoms with Crippen molar-refractivity contribution in [1.29, 1.82) is 0 Å². The minimum Gasteiger partial charge on any atom is -0.441 e. The summed E-state index contributed by atoms with van der Waals surface area (Å²) in [4.78, 5) is 4.54. The Balaban J connectivity index is 2.15. The Morgan fingerprint density at radius 1 is 1.22 bits per heavy atom. The van der Waals surface area contributed by atoms with Crippen molar-refractivity contribution in [2.24, 2.45) is 5.92 Å². The van der Waals surface area contributed by atoms with Crippen LogP contribution in [0.1, 0.15) is 32.6 Å². The second-order valence-electron chi connectivity index (χ2n) is 4.75. The number of hydrogen-bond acceptors (Lipinski definition) is 3. The summed E-state index contributed by atoms with van der Waals surface area (Å²) < 4.78 is 5.79. The molecule has 1 aromatic carbocycles. The quantitative estimate of drug-likeness (QED) is 0.849. The number of para-hydroxylation sites is 2. The molecule has 3 nitrogen and oxygen atoms in total. The van der Waals surface area contributed by atoms with Gasteiger partial charge in [-0.3, -0.25) is 0 Å². The van der Waals surface area contributed by atoms with Crippen molar-refractivity contribution in [2.45, 2.75) is 39.2 Å². The van der Waals surface area contributed by atoms with Gasteiger partial charge >= 0.3 is 0 Å². The zero-order chi connectivity index (χ0) is 13.0. The fraction of sp³-hybridized carbons (Fsp3) is 0.533. The first-order chi connectivity index (χ1) is 8.78. The monoisotopic (exact) mass is 246 g/mol. The van der Waals surface area contributed by atoms with Crippen LogP contribution < -0.4 is 5.32 Å². The van der Waals surface area contributed by atoms with E-state index in [1.807, 2.05) is 31.3 Å². The molecule has 1 unspecified atom stereocenters. The van der Waals surface area contributed by atoms with E-state index >= 15 is 0 Å². The van der Waals surface area contributed by atoms with Gasteiger partial charge in [0.25, 0.3) is 0 Å². The molecule has 2 aromatic rings. The molecule has 0 aliphatic heterocycles. The number of benzene rings is 1. The van der Waals surface area contributed by atoms with Gasteiger partial charge in [0.2, 0.25) is 0 Å². The van der Waals surface area contributed by atoms with Gasteiger partial charge in [0.15, 0.2) is 11.5 Å². The number of nitrogens with one attached hydrogen (secondary N) is 1. The summed E-state index contributed by atoms with van der Waals surface area (Å²) in [5, 5.41) is 3.40. The molecule has 1 N–H and O–H groups in total. The molecule has 1 heterocycles. The van der Waals surface area contributed by atoms with Crippen molar-refractivity contribution in [2.75, 3.05) is 7.05 Å². The van der Waals surface area contributed by atoms with E-state index in [4.69, 9.17) is 4.42 Å². The zero-order valence-electron chi connectivity index (χ0n) is 11.4. The Hall–Kier alpha value is -1.35. The molecule has 0 radical (unpaired) electrons. The first-order valence-electron chi connectivity index (χ1n) is 6.80. The summed E-state index contributed by atoms with van der Waals surface area (Å²) in [7, 11) is 2.02. The first kappa shape index (κ1) is 13.1. The molecule has 0 aliphatic carbocycles. The van der Waals surface area contributed by atoms with Crippen molar-refractivity contribution < 1.29 is 4.42 Å². The lowest BCUT2D eigenvalue weighted by molar-refractivity contribution is 0.329. The van der Waals surface area contributed by atoms with E-state index < -0.39 is 0 Å². The van der Waals surface area contributed by atoms with Crippen molar-refractivity contribution in [3.8, 4) is 0 Å². The number of likely N-dealkylation sites (N-methyl/N-ethyl adjacent to an activating group) is 1. The summed E-state index contributed by atoms with van der Waals surface area (Å²) in [5.41, 5.74) is 1.83. The van der Waals surface area contributed by atoms with Gasteiger partial charge in [0, 0.05) is 12.5 Å². The van der Waals surface area contributed by atoms with E-state index in [0.717, 1.165) is 23.4 Å². The van der Waals surface area contributed by atoms with Crippen molar-refractivity contribution in [3.63, 3.8) is 0 Å². The number of nitrogens with zero attached hydrogens (tertiary/aromatic N) is 1. The molecule has 0 saturated carbocycles. The minimum atomic E-state index is 0.438. The highest BCUT2D eigenvalue weighted by atomic mass is 16.3. The molecule has 0 aliphatic rings. The summed E-state index contributed by atoms with van der Waals surface area (Å²) in [6, 6.07) is 8.37. The number of hydrogen-bond donors (Lipinski definition) is 1. The van der Waals surface area contributed by atoms with Crippen LogP contribution in [0.25, 0.3) is 11.1 Å². The van der Waals surface area contributed by atoms with Gasteiger partial charge in [-0.25, -0.2) is 4.98 Å². The van der Waals surface area contributed by atoms with Gasteiger partial charge in [0.05, 0.1) is 0 Å². The molecular weight excluding hydrogens is 224 g/mol. The van der Waals surface area contributed by atoms with Crippen LogP contribution in [-0.4, -0.2) is 18.1 Å². The van der Waals surface area contributed by atoms with Crippen molar-refractivity contribution in [1.82, 2.24) is 10.3 Å². The fourth-order valence-corrected chi connectivity index (χ4v) is 2.56. The van der Waals surface area contributed by atoms with E-state index in [1.54, 1.807) is 0 Å². The largest absolute Gasteiger partial charge is 0.441 e. The summed E-state index contributed by atoms with van der Waals surface area (Å²) in [6.45, 7) is 4.48. The summed E-state index contributed by atoms with van der Waals surface area (Å²) >= 11 is 0. The van der Waals surface area contributed by atoms with Crippen molar-refractivity contribution in [3.05, 3.63) is 30.2 Å². The highest BCUT2D eigenvalue weighted by Crippen LogP contribution is 2.20. The zero-order valence-corrected chi connectivity index (χ0v) is 11.4. The second-order valence-corrected chi connectivity index (χ2v) is 4.75. The lowest BCUT2D eigenvalue weighted by atomic mass is 9.92. The average Bonchev–Trinajstić information content (AvgIpc) is 2.81. The van der Waals surface area contributed by atoms with Gasteiger partial charge in [-0.15, -0.1) is 0 Å². The van der Waals surface area contributed by atoms with Gasteiger partial charge in [-0.1, -0.05) is 38.8 Å². The topological polar surface area (TPSA) is 38.1 Å². The van der Waals surface area contributed by atoms with Crippen LogP contribution in [0.4, 0.5) is 0 Å². The Morgan fingerprint density at radius 2 is 1.94 bits per heavy atom. The van der Waals surface area contributed by atoms with Gasteiger partial charge in [-0.05, 0) is 25.1 Å². The number of aromatic nitrogens is 1. The van der Waals surface area contributed by atoms with Crippen LogP contribution in [-0.2, 0) is 6.42 Å². The second kappa shape index (κ2) is 6.01. The van der Waals surface area contributed by atoms with Crippen LogP contribution in [0.5, 0.6) is 0 Å². The molecule has 0 saturated heterocycles. The smallest absolute Gasteiger partial charge is 0.197 e. The van der Waals surface area contributed by atoms with Crippen molar-refractivity contribution >= 4 is 11.1 Å². The van der Waals surface area contributed by atoms with Gasteiger partial charge < -0.3 is 9.73 Å². The Morgan fingerprint density at radius 3 is 2.56 bits per heavy atom. The Labute approximate surface area is 109 Å². The molecule has 18 heavy (non-hydrogen) atoms. The predicted molar refractivity (Wildman–Crippen MR) is 74.6 cm³/mol. The number of oxazole rings is 1. The maximum Gasteiger partial charge on any atom is 0.197 e. The lowest BCUT2D eigenvalue weighted by Gasteiger charge is -2.23. The highest BCUT2D eigenvalue weighted by molar-refractivity contribution is 5.72. The summed E-state index contributed by atoms with van der Waals surface area (Å²) in [6.07, 6.45) is 3.22. The highest BCUT2D eigenvalue weighted by Gasteiger charge is 2.19. The first-order valence-corrected chi connectivity index (χ1v) is 6.80. The molecule has 0 spiro atoms. The standard InChI is InChI=1S/C15H22N2O/c1-4-11(5-2)13(16-3)10-15-17-12-8-6-7-9-14(12)18-15/h6-9,11,13,16H,4-5,10H2,1-3H3. The third-order valence-corrected chi connectivity index (χ3v) is 3.72. The Kier molecular flexibility index (Phi) is 4.37. The number of rotatable bonds is 6. The molecule has 2 rings (SSSR count). The molecule has 1 aromatic heterocycles. The molecule has 98 valence electrons. The van der Waals surface area contributed by atoms with Crippen LogP contribution in [0.15, 0.2) is 28.7 Å². The molecular formula is C15H22N2O. The average molecular weight is 246 g/mol. The SMILES string of the molecule is CCC(CC)C(Cc1nc2ccccc2o1)NC. The molecule has 3 heteroatoms. The minimum absolute atomic E-state index is 0.438. The predicted octanol–water partition coefficient (Wildman–Crippen LogP) is 3.39. The van der Waals surface area contributed by atoms with E-state index in [0.29, 0.717) is 12.0 Å². The Bertz CT molecular complexity index is 455. The maximum atomic E-state index is 5.79. The maximum absolute atomic E-state index is 5.79. The molecule has 0 bridgehead atoms. The normalized spacial score (nSPS) is 13.3. The van der Waals surface area contributed by atoms with Crippen LogP contribution in [0.3, 0.4) is 0 Å². The fourth-order valence-electron chi connectivity index (χ4n) is 2.56. The van der Waals surface area contributed by atoms with Gasteiger partial charge in [-0.2, -0.15) is 0 Å². The molecule has 0 amide bonds. The third-order valence-electron chi connectivity index (χ3n) is 3.72. The molecule has 1 atom stereocenters. The van der Waals surface area contributed by atoms with Gasteiger partial charge in [0.1, 0.15) is 5.52 Å². The van der Waals surface area contributed by atoms with E-state index in [-0.39, 0.29) is 0 Å². The molecule has 0 fully saturated rings. The summed E-state index contributed by atoms with van der Waals surface area (Å²) in [5.74, 6) is 1.51. The van der Waals surface area contributed by atoms with Crippen LogP contribution in [0, 0.1) is 5.92 Å². The number of fused-ring (bicyclic) bond motifs is 1. The lowest BCUT2D eigenvalue weighted by Crippen LogP contribution is -2.35. The van der Waals surface area contributed by atoms with Crippen LogP contribution >= 0.6 is 0 Å². The van der Waals surface area contributed by atoms with Crippen LogP contribution in [0.2, 0.25) is 0 Å².